The first kappa shape index (κ1) is 12.5. The lowest BCUT2D eigenvalue weighted by molar-refractivity contribution is 0.412. The first-order chi connectivity index (χ1) is 11.3. The van der Waals surface area contributed by atoms with Gasteiger partial charge in [0.2, 0.25) is 0 Å². The van der Waals surface area contributed by atoms with Crippen LogP contribution in [0.2, 0.25) is 0 Å². The number of ether oxygens (including phenoxy) is 1. The molecule has 1 heterocycles. The molecule has 1 aromatic heterocycles. The van der Waals surface area contributed by atoms with Crippen molar-refractivity contribution in [1.29, 1.82) is 0 Å². The van der Waals surface area contributed by atoms with Gasteiger partial charge in [-0.3, -0.25) is 4.79 Å². The normalized spacial score (nSPS) is 11.9. The van der Waals surface area contributed by atoms with Crippen molar-refractivity contribution in [3.05, 3.63) is 64.8 Å². The first-order valence-electron chi connectivity index (χ1n) is 7.45. The van der Waals surface area contributed by atoms with E-state index in [1.807, 2.05) is 48.5 Å². The van der Waals surface area contributed by atoms with Crippen LogP contribution >= 0.6 is 0 Å². The predicted octanol–water partition coefficient (Wildman–Crippen LogP) is 4.70. The van der Waals surface area contributed by atoms with Crippen molar-refractivity contribution >= 4 is 43.5 Å². The molecule has 5 aromatic rings. The predicted molar refractivity (Wildman–Crippen MR) is 92.7 cm³/mol. The number of hydrogen-bond acceptors (Lipinski definition) is 3. The average Bonchev–Trinajstić information content (AvgIpc) is 2.60. The minimum atomic E-state index is 0.0269. The fourth-order valence-corrected chi connectivity index (χ4v) is 3.50. The summed E-state index contributed by atoms with van der Waals surface area (Å²) in [5, 5.41) is 5.71. The fourth-order valence-electron chi connectivity index (χ4n) is 3.50. The molecule has 4 aromatic carbocycles. The van der Waals surface area contributed by atoms with Gasteiger partial charge in [0.1, 0.15) is 5.58 Å². The summed E-state index contributed by atoms with van der Waals surface area (Å²) in [6, 6.07) is 17.2. The Morgan fingerprint density at radius 3 is 2.57 bits per heavy atom. The van der Waals surface area contributed by atoms with Crippen molar-refractivity contribution < 1.29 is 9.15 Å². The molecule has 5 rings (SSSR count). The van der Waals surface area contributed by atoms with Crippen LogP contribution in [0.5, 0.6) is 5.75 Å². The number of benzene rings is 4. The van der Waals surface area contributed by atoms with Gasteiger partial charge in [0.25, 0.3) is 0 Å². The Kier molecular flexibility index (Phi) is 2.29. The second-order valence-electron chi connectivity index (χ2n) is 5.70. The second kappa shape index (κ2) is 4.23. The third kappa shape index (κ3) is 1.51. The molecule has 0 amide bonds. The quantitative estimate of drug-likeness (QED) is 0.333. The van der Waals surface area contributed by atoms with Gasteiger partial charge < -0.3 is 9.15 Å². The van der Waals surface area contributed by atoms with Crippen LogP contribution in [-0.4, -0.2) is 7.11 Å². The summed E-state index contributed by atoms with van der Waals surface area (Å²) in [6.07, 6.45) is 0. The molecule has 0 aliphatic carbocycles. The lowest BCUT2D eigenvalue weighted by atomic mass is 9.95. The monoisotopic (exact) mass is 300 g/mol. The molecule has 0 spiro atoms. The molecule has 0 aliphatic rings. The summed E-state index contributed by atoms with van der Waals surface area (Å²) in [5.74, 6) is 0.680. The standard InChI is InChI=1S/C20H12O3/c1-22-17-10-11-6-9-15(21)14-8-7-13-12-4-2-3-5-16(12)23-20(17)19(13)18(11)14/h2-10H,1H3. The van der Waals surface area contributed by atoms with Crippen LogP contribution in [0.1, 0.15) is 0 Å². The van der Waals surface area contributed by atoms with E-state index in [1.54, 1.807) is 13.2 Å². The van der Waals surface area contributed by atoms with Gasteiger partial charge in [-0.2, -0.15) is 0 Å². The summed E-state index contributed by atoms with van der Waals surface area (Å²) in [4.78, 5) is 12.2. The Morgan fingerprint density at radius 2 is 1.70 bits per heavy atom. The zero-order valence-electron chi connectivity index (χ0n) is 12.4. The summed E-state index contributed by atoms with van der Waals surface area (Å²) in [6.45, 7) is 0. The zero-order valence-corrected chi connectivity index (χ0v) is 12.4. The van der Waals surface area contributed by atoms with E-state index >= 15 is 0 Å². The van der Waals surface area contributed by atoms with Gasteiger partial charge in [-0.25, -0.2) is 0 Å². The molecule has 23 heavy (non-hydrogen) atoms. The van der Waals surface area contributed by atoms with E-state index in [-0.39, 0.29) is 5.43 Å². The number of fused-ring (bicyclic) bond motifs is 2. The lowest BCUT2D eigenvalue weighted by Crippen LogP contribution is -2.00. The van der Waals surface area contributed by atoms with Crippen molar-refractivity contribution in [2.75, 3.05) is 7.11 Å². The van der Waals surface area contributed by atoms with E-state index in [4.69, 9.17) is 9.15 Å². The third-order valence-electron chi connectivity index (χ3n) is 4.52. The highest BCUT2D eigenvalue weighted by Crippen LogP contribution is 2.41. The van der Waals surface area contributed by atoms with Crippen molar-refractivity contribution in [3.63, 3.8) is 0 Å². The van der Waals surface area contributed by atoms with Crippen molar-refractivity contribution in [2.24, 2.45) is 0 Å². The van der Waals surface area contributed by atoms with Crippen molar-refractivity contribution in [2.45, 2.75) is 0 Å². The maximum absolute atomic E-state index is 12.2. The Bertz CT molecular complexity index is 1260. The molecule has 0 unspecified atom stereocenters. The SMILES string of the molecule is COc1cc2ccc(=O)c3ccc4c5ccccc5oc1c4c23. The number of hydrogen-bond donors (Lipinski definition) is 0. The van der Waals surface area contributed by atoms with E-state index < -0.39 is 0 Å². The van der Waals surface area contributed by atoms with E-state index in [1.165, 1.54) is 0 Å². The van der Waals surface area contributed by atoms with Crippen molar-refractivity contribution in [3.8, 4) is 5.75 Å². The van der Waals surface area contributed by atoms with E-state index in [0.717, 1.165) is 32.5 Å². The first-order valence-corrected chi connectivity index (χ1v) is 7.45. The lowest BCUT2D eigenvalue weighted by Gasteiger charge is -2.14. The van der Waals surface area contributed by atoms with Crippen LogP contribution in [0.3, 0.4) is 0 Å². The fraction of sp³-hybridized carbons (Fsp3) is 0.0500. The molecule has 0 saturated heterocycles. The average molecular weight is 300 g/mol. The molecule has 0 aliphatic heterocycles. The highest BCUT2D eigenvalue weighted by Gasteiger charge is 2.17. The molecular weight excluding hydrogens is 288 g/mol. The smallest absolute Gasteiger partial charge is 0.186 e. The van der Waals surface area contributed by atoms with Gasteiger partial charge >= 0.3 is 0 Å². The van der Waals surface area contributed by atoms with E-state index in [9.17, 15) is 4.79 Å². The minimum absolute atomic E-state index is 0.0269. The molecule has 3 heteroatoms. The maximum atomic E-state index is 12.2. The van der Waals surface area contributed by atoms with Crippen LogP contribution in [-0.2, 0) is 0 Å². The van der Waals surface area contributed by atoms with Gasteiger partial charge in [-0.05, 0) is 35.0 Å². The summed E-state index contributed by atoms with van der Waals surface area (Å²) in [7, 11) is 1.63. The number of rotatable bonds is 1. The van der Waals surface area contributed by atoms with Crippen molar-refractivity contribution in [1.82, 2.24) is 0 Å². The van der Waals surface area contributed by atoms with Crippen LogP contribution in [0, 0.1) is 0 Å². The minimum Gasteiger partial charge on any atom is -0.493 e. The summed E-state index contributed by atoms with van der Waals surface area (Å²) in [5.41, 5.74) is 1.52. The molecule has 0 fully saturated rings. The summed E-state index contributed by atoms with van der Waals surface area (Å²) < 4.78 is 11.7. The number of methoxy groups -OCH3 is 1. The van der Waals surface area contributed by atoms with Crippen LogP contribution in [0.25, 0.3) is 43.5 Å². The third-order valence-corrected chi connectivity index (χ3v) is 4.52. The van der Waals surface area contributed by atoms with Crippen LogP contribution in [0.4, 0.5) is 0 Å². The molecule has 0 radical (unpaired) electrons. The van der Waals surface area contributed by atoms with Gasteiger partial charge in [-0.15, -0.1) is 0 Å². The number of para-hydroxylation sites is 1. The van der Waals surface area contributed by atoms with E-state index in [0.29, 0.717) is 16.7 Å². The molecule has 0 saturated carbocycles. The Labute approximate surface area is 131 Å². The van der Waals surface area contributed by atoms with E-state index in [2.05, 4.69) is 0 Å². The largest absolute Gasteiger partial charge is 0.493 e. The maximum Gasteiger partial charge on any atom is 0.186 e. The topological polar surface area (TPSA) is 39.4 Å². The Hall–Kier alpha value is -3.07. The van der Waals surface area contributed by atoms with Crippen LogP contribution < -0.4 is 10.2 Å². The highest BCUT2D eigenvalue weighted by molar-refractivity contribution is 6.27. The molecule has 3 nitrogen and oxygen atoms in total. The molecule has 0 N–H and O–H groups in total. The molecule has 0 bridgehead atoms. The van der Waals surface area contributed by atoms with Gasteiger partial charge in [0.05, 0.1) is 7.11 Å². The van der Waals surface area contributed by atoms with Gasteiger partial charge in [0, 0.05) is 21.5 Å². The zero-order chi connectivity index (χ0) is 15.6. The summed E-state index contributed by atoms with van der Waals surface area (Å²) >= 11 is 0. The highest BCUT2D eigenvalue weighted by atomic mass is 16.5. The Morgan fingerprint density at radius 1 is 0.870 bits per heavy atom. The van der Waals surface area contributed by atoms with Gasteiger partial charge in [0.15, 0.2) is 16.8 Å². The Balaban J connectivity index is 2.23. The molecule has 110 valence electrons. The molecule has 0 atom stereocenters. The molecular formula is C20H12O3. The van der Waals surface area contributed by atoms with Gasteiger partial charge in [-0.1, -0.05) is 30.3 Å². The van der Waals surface area contributed by atoms with Crippen LogP contribution in [0.15, 0.2) is 63.8 Å². The second-order valence-corrected chi connectivity index (χ2v) is 5.70.